The number of nitrogens with zero attached hydrogens (tertiary/aromatic N) is 1. The van der Waals surface area contributed by atoms with Gasteiger partial charge < -0.3 is 10.6 Å². The fourth-order valence-electron chi connectivity index (χ4n) is 1.51. The number of hydrogen-bond donors (Lipinski definition) is 2. The number of carbonyl (C=O) groups excluding carboxylic acids is 1. The maximum Gasteiger partial charge on any atom is 0.234 e. The van der Waals surface area contributed by atoms with E-state index in [1.54, 1.807) is 0 Å². The van der Waals surface area contributed by atoms with Crippen LogP contribution in [0.4, 0.5) is 0 Å². The summed E-state index contributed by atoms with van der Waals surface area (Å²) in [5.41, 5.74) is 0. The molecule has 0 aliphatic carbocycles. The van der Waals surface area contributed by atoms with Gasteiger partial charge in [0.15, 0.2) is 0 Å². The molecule has 1 aliphatic heterocycles. The minimum Gasteiger partial charge on any atom is -0.344 e. The quantitative estimate of drug-likeness (QED) is 0.570. The Morgan fingerprint density at radius 3 is 3.21 bits per heavy atom. The van der Waals surface area contributed by atoms with Gasteiger partial charge in [-0.25, -0.2) is 0 Å². The molecule has 0 aromatic carbocycles. The number of piperazine rings is 1. The molecule has 1 amide bonds. The predicted molar refractivity (Wildman–Crippen MR) is 55.7 cm³/mol. The summed E-state index contributed by atoms with van der Waals surface area (Å²) >= 11 is 0. The molecule has 1 heterocycles. The zero-order chi connectivity index (χ0) is 10.4. The van der Waals surface area contributed by atoms with E-state index in [4.69, 9.17) is 6.42 Å². The predicted octanol–water partition coefficient (Wildman–Crippen LogP) is -0.970. The third kappa shape index (κ3) is 3.36. The van der Waals surface area contributed by atoms with Crippen LogP contribution in [0.3, 0.4) is 0 Å². The molecule has 2 N–H and O–H groups in total. The highest BCUT2D eigenvalue weighted by Gasteiger charge is 2.19. The third-order valence-electron chi connectivity index (χ3n) is 2.37. The highest BCUT2D eigenvalue weighted by atomic mass is 16.2. The largest absolute Gasteiger partial charge is 0.344 e. The van der Waals surface area contributed by atoms with Crippen LogP contribution >= 0.6 is 0 Å². The lowest BCUT2D eigenvalue weighted by atomic mass is 10.2. The first-order valence-electron chi connectivity index (χ1n) is 4.89. The van der Waals surface area contributed by atoms with E-state index in [0.29, 0.717) is 19.1 Å². The van der Waals surface area contributed by atoms with Crippen LogP contribution in [-0.2, 0) is 4.79 Å². The SMILES string of the molecule is C#CCNC(=O)CN1CCNC[C@@H]1C. The minimum atomic E-state index is 0.0108. The molecule has 14 heavy (non-hydrogen) atoms. The lowest BCUT2D eigenvalue weighted by Crippen LogP contribution is -2.52. The molecule has 0 unspecified atom stereocenters. The van der Waals surface area contributed by atoms with Gasteiger partial charge in [0.25, 0.3) is 0 Å². The van der Waals surface area contributed by atoms with Gasteiger partial charge in [0.05, 0.1) is 13.1 Å². The zero-order valence-electron chi connectivity index (χ0n) is 8.55. The number of nitrogens with one attached hydrogen (secondary N) is 2. The summed E-state index contributed by atoms with van der Waals surface area (Å²) in [6.45, 7) is 5.70. The summed E-state index contributed by atoms with van der Waals surface area (Å²) in [7, 11) is 0. The zero-order valence-corrected chi connectivity index (χ0v) is 8.55. The minimum absolute atomic E-state index is 0.0108. The molecule has 0 bridgehead atoms. The van der Waals surface area contributed by atoms with Gasteiger partial charge in [-0.15, -0.1) is 6.42 Å². The van der Waals surface area contributed by atoms with Crippen molar-refractivity contribution in [2.75, 3.05) is 32.7 Å². The standard InChI is InChI=1S/C10H17N3O/c1-3-4-12-10(14)8-13-6-5-11-7-9(13)2/h1,9,11H,4-8H2,2H3,(H,12,14)/t9-/m0/s1. The van der Waals surface area contributed by atoms with Crippen LogP contribution in [0, 0.1) is 12.3 Å². The van der Waals surface area contributed by atoms with Gasteiger partial charge in [0.2, 0.25) is 5.91 Å². The van der Waals surface area contributed by atoms with E-state index >= 15 is 0 Å². The third-order valence-corrected chi connectivity index (χ3v) is 2.37. The molecule has 4 nitrogen and oxygen atoms in total. The van der Waals surface area contributed by atoms with E-state index in [0.717, 1.165) is 19.6 Å². The smallest absolute Gasteiger partial charge is 0.234 e. The summed E-state index contributed by atoms with van der Waals surface area (Å²) < 4.78 is 0. The average Bonchev–Trinajstić information content (AvgIpc) is 2.18. The molecule has 78 valence electrons. The van der Waals surface area contributed by atoms with Gasteiger partial charge in [-0.05, 0) is 6.92 Å². The van der Waals surface area contributed by atoms with Gasteiger partial charge in [-0.3, -0.25) is 9.69 Å². The van der Waals surface area contributed by atoms with E-state index in [2.05, 4.69) is 28.4 Å². The summed E-state index contributed by atoms with van der Waals surface area (Å²) in [6, 6.07) is 0.417. The van der Waals surface area contributed by atoms with Crippen molar-refractivity contribution in [3.05, 3.63) is 0 Å². The van der Waals surface area contributed by atoms with E-state index in [9.17, 15) is 4.79 Å². The Hall–Kier alpha value is -1.05. The Labute approximate surface area is 85.0 Å². The number of terminal acetylenes is 1. The summed E-state index contributed by atoms with van der Waals surface area (Å²) in [5, 5.41) is 5.94. The van der Waals surface area contributed by atoms with E-state index in [1.807, 2.05) is 0 Å². The maximum atomic E-state index is 11.3. The van der Waals surface area contributed by atoms with Crippen molar-refractivity contribution in [1.29, 1.82) is 0 Å². The molecule has 0 saturated carbocycles. The molecular weight excluding hydrogens is 178 g/mol. The van der Waals surface area contributed by atoms with Crippen molar-refractivity contribution in [3.63, 3.8) is 0 Å². The molecule has 4 heteroatoms. The Kier molecular flexibility index (Phi) is 4.44. The topological polar surface area (TPSA) is 44.4 Å². The lowest BCUT2D eigenvalue weighted by Gasteiger charge is -2.33. The first kappa shape index (κ1) is 11.0. The van der Waals surface area contributed by atoms with Crippen molar-refractivity contribution in [2.24, 2.45) is 0 Å². The van der Waals surface area contributed by atoms with Crippen molar-refractivity contribution in [1.82, 2.24) is 15.5 Å². The van der Waals surface area contributed by atoms with Gasteiger partial charge >= 0.3 is 0 Å². The van der Waals surface area contributed by atoms with Gasteiger partial charge in [0.1, 0.15) is 0 Å². The van der Waals surface area contributed by atoms with Gasteiger partial charge in [-0.2, -0.15) is 0 Å². The molecule has 1 saturated heterocycles. The molecule has 1 fully saturated rings. The van der Waals surface area contributed by atoms with Crippen LogP contribution in [0.1, 0.15) is 6.92 Å². The van der Waals surface area contributed by atoms with E-state index in [-0.39, 0.29) is 5.91 Å². The normalized spacial score (nSPS) is 22.7. The van der Waals surface area contributed by atoms with Gasteiger partial charge in [0, 0.05) is 25.7 Å². The number of amides is 1. The fourth-order valence-corrected chi connectivity index (χ4v) is 1.51. The molecule has 1 atom stereocenters. The van der Waals surface area contributed by atoms with Crippen molar-refractivity contribution in [3.8, 4) is 12.3 Å². The van der Waals surface area contributed by atoms with E-state index < -0.39 is 0 Å². The second-order valence-electron chi connectivity index (χ2n) is 3.50. The van der Waals surface area contributed by atoms with Crippen molar-refractivity contribution < 1.29 is 4.79 Å². The van der Waals surface area contributed by atoms with Gasteiger partial charge in [-0.1, -0.05) is 5.92 Å². The van der Waals surface area contributed by atoms with Crippen molar-refractivity contribution in [2.45, 2.75) is 13.0 Å². The first-order valence-corrected chi connectivity index (χ1v) is 4.89. The van der Waals surface area contributed by atoms with Crippen LogP contribution in [-0.4, -0.2) is 49.6 Å². The second-order valence-corrected chi connectivity index (χ2v) is 3.50. The number of rotatable bonds is 3. The summed E-state index contributed by atoms with van der Waals surface area (Å²) in [6.07, 6.45) is 5.05. The second kappa shape index (κ2) is 5.63. The summed E-state index contributed by atoms with van der Waals surface area (Å²) in [5.74, 6) is 2.40. The first-order chi connectivity index (χ1) is 6.74. The van der Waals surface area contributed by atoms with Crippen LogP contribution in [0.15, 0.2) is 0 Å². The van der Waals surface area contributed by atoms with Crippen molar-refractivity contribution >= 4 is 5.91 Å². The Morgan fingerprint density at radius 1 is 1.79 bits per heavy atom. The Bertz CT molecular complexity index is 234. The van der Waals surface area contributed by atoms with Crippen LogP contribution in [0.25, 0.3) is 0 Å². The average molecular weight is 195 g/mol. The number of hydrogen-bond acceptors (Lipinski definition) is 3. The Balaban J connectivity index is 2.28. The lowest BCUT2D eigenvalue weighted by molar-refractivity contribution is -0.122. The molecule has 0 spiro atoms. The number of carbonyl (C=O) groups is 1. The van der Waals surface area contributed by atoms with Crippen LogP contribution in [0.5, 0.6) is 0 Å². The fraction of sp³-hybridized carbons (Fsp3) is 0.700. The molecule has 1 aliphatic rings. The summed E-state index contributed by atoms with van der Waals surface area (Å²) in [4.78, 5) is 13.5. The highest BCUT2D eigenvalue weighted by molar-refractivity contribution is 5.78. The molecule has 0 aromatic rings. The molecule has 1 rings (SSSR count). The van der Waals surface area contributed by atoms with Crippen LogP contribution < -0.4 is 10.6 Å². The van der Waals surface area contributed by atoms with Crippen LogP contribution in [0.2, 0.25) is 0 Å². The highest BCUT2D eigenvalue weighted by Crippen LogP contribution is 2.00. The monoisotopic (exact) mass is 195 g/mol. The molecule has 0 radical (unpaired) electrons. The maximum absolute atomic E-state index is 11.3. The molecular formula is C10H17N3O. The molecule has 0 aromatic heterocycles. The van der Waals surface area contributed by atoms with E-state index in [1.165, 1.54) is 0 Å². The Morgan fingerprint density at radius 2 is 2.57 bits per heavy atom.